The van der Waals surface area contributed by atoms with E-state index in [-0.39, 0.29) is 12.2 Å². The normalized spacial score (nSPS) is 19.6. The number of hydrogen-bond acceptors (Lipinski definition) is 2. The fourth-order valence-corrected chi connectivity index (χ4v) is 2.47. The molecule has 1 aromatic carbocycles. The van der Waals surface area contributed by atoms with Gasteiger partial charge in [-0.1, -0.05) is 0 Å². The van der Waals surface area contributed by atoms with E-state index in [2.05, 4.69) is 0 Å². The molecule has 0 radical (unpaired) electrons. The lowest BCUT2D eigenvalue weighted by atomic mass is 9.74. The predicted molar refractivity (Wildman–Crippen MR) is 68.7 cm³/mol. The van der Waals surface area contributed by atoms with Crippen LogP contribution in [0.2, 0.25) is 0 Å². The number of rotatable bonds is 5. The van der Waals surface area contributed by atoms with Crippen molar-refractivity contribution in [2.75, 3.05) is 7.11 Å². The molecule has 0 bridgehead atoms. The van der Waals surface area contributed by atoms with Crippen molar-refractivity contribution < 1.29 is 18.3 Å². The van der Waals surface area contributed by atoms with Gasteiger partial charge in [-0.25, -0.2) is 8.78 Å². The minimum absolute atomic E-state index is 0.0785. The van der Waals surface area contributed by atoms with E-state index in [4.69, 9.17) is 4.74 Å². The Morgan fingerprint density at radius 1 is 1.47 bits per heavy atom. The molecule has 0 spiro atoms. The molecule has 0 N–H and O–H groups in total. The molecule has 2 rings (SSSR count). The minimum Gasteiger partial charge on any atom is -0.496 e. The molecular weight excluding hydrogens is 250 g/mol. The first-order valence-electron chi connectivity index (χ1n) is 6.35. The number of methoxy groups -OCH3 is 1. The van der Waals surface area contributed by atoms with Gasteiger partial charge < -0.3 is 4.74 Å². The van der Waals surface area contributed by atoms with E-state index in [9.17, 15) is 13.6 Å². The maximum atomic E-state index is 14.1. The zero-order valence-corrected chi connectivity index (χ0v) is 11.4. The van der Waals surface area contributed by atoms with Crippen LogP contribution in [0.25, 0.3) is 0 Å². The summed E-state index contributed by atoms with van der Waals surface area (Å²) in [6.07, 6.45) is 1.01. The Hall–Kier alpha value is -1.45. The molecule has 0 aliphatic heterocycles. The highest BCUT2D eigenvalue weighted by Crippen LogP contribution is 2.50. The molecule has 4 heteroatoms. The van der Waals surface area contributed by atoms with Crippen LogP contribution in [-0.2, 0) is 10.2 Å². The first-order valence-corrected chi connectivity index (χ1v) is 6.35. The number of hydrogen-bond donors (Lipinski definition) is 0. The number of carbonyl (C=O) groups is 1. The van der Waals surface area contributed by atoms with Crippen LogP contribution in [0, 0.1) is 5.82 Å². The Bertz CT molecular complexity index is 509. The molecule has 1 atom stereocenters. The Kier molecular flexibility index (Phi) is 3.37. The number of Topliss-reactive ketones (excluding diaryl/α,β-unsaturated/α-hetero) is 1. The van der Waals surface area contributed by atoms with Gasteiger partial charge in [-0.2, -0.15) is 0 Å². The second kappa shape index (κ2) is 4.58. The molecule has 1 aliphatic carbocycles. The summed E-state index contributed by atoms with van der Waals surface area (Å²) in [6, 6.07) is 4.01. The van der Waals surface area contributed by atoms with Crippen LogP contribution in [0.15, 0.2) is 18.2 Å². The Morgan fingerprint density at radius 3 is 2.58 bits per heavy atom. The topological polar surface area (TPSA) is 26.3 Å². The zero-order chi connectivity index (χ0) is 14.3. The van der Waals surface area contributed by atoms with Crippen LogP contribution in [-0.4, -0.2) is 18.6 Å². The Balaban J connectivity index is 2.49. The van der Waals surface area contributed by atoms with Crippen LogP contribution < -0.4 is 4.74 Å². The van der Waals surface area contributed by atoms with E-state index < -0.39 is 16.9 Å². The highest BCUT2D eigenvalue weighted by Gasteiger charge is 2.51. The lowest BCUT2D eigenvalue weighted by molar-refractivity contribution is -0.122. The number of halogens is 2. The summed E-state index contributed by atoms with van der Waals surface area (Å²) in [5.74, 6) is -0.212. The van der Waals surface area contributed by atoms with Gasteiger partial charge in [0, 0.05) is 5.56 Å². The quantitative estimate of drug-likeness (QED) is 0.816. The van der Waals surface area contributed by atoms with E-state index in [0.717, 1.165) is 0 Å². The predicted octanol–water partition coefficient (Wildman–Crippen LogP) is 3.57. The standard InChI is InChI=1S/C15H18F2O2/c1-10(18)14(2,9-15(17)6-7-15)12-8-11(16)4-5-13(12)19-3/h4-5,8H,6-7,9H2,1-3H3. The largest absolute Gasteiger partial charge is 0.496 e. The molecule has 1 fully saturated rings. The van der Waals surface area contributed by atoms with Gasteiger partial charge in [-0.05, 0) is 51.3 Å². The van der Waals surface area contributed by atoms with Gasteiger partial charge >= 0.3 is 0 Å². The van der Waals surface area contributed by atoms with Gasteiger partial charge in [0.1, 0.15) is 23.0 Å². The third-order valence-corrected chi connectivity index (χ3v) is 4.00. The van der Waals surface area contributed by atoms with Gasteiger partial charge in [-0.3, -0.25) is 4.79 Å². The molecule has 1 unspecified atom stereocenters. The minimum atomic E-state index is -1.29. The maximum absolute atomic E-state index is 14.1. The van der Waals surface area contributed by atoms with E-state index in [1.807, 2.05) is 0 Å². The van der Waals surface area contributed by atoms with Gasteiger partial charge in [0.05, 0.1) is 12.5 Å². The van der Waals surface area contributed by atoms with Crippen molar-refractivity contribution in [1.29, 1.82) is 0 Å². The molecule has 2 nitrogen and oxygen atoms in total. The van der Waals surface area contributed by atoms with Crippen molar-refractivity contribution in [2.24, 2.45) is 0 Å². The van der Waals surface area contributed by atoms with Crippen molar-refractivity contribution in [3.8, 4) is 5.75 Å². The van der Waals surface area contributed by atoms with Crippen molar-refractivity contribution in [1.82, 2.24) is 0 Å². The molecule has 1 aromatic rings. The first-order chi connectivity index (χ1) is 8.81. The Morgan fingerprint density at radius 2 is 2.11 bits per heavy atom. The number of ketones is 1. The average Bonchev–Trinajstić information content (AvgIpc) is 3.06. The molecule has 104 valence electrons. The third-order valence-electron chi connectivity index (χ3n) is 4.00. The molecule has 0 saturated heterocycles. The number of benzene rings is 1. The van der Waals surface area contributed by atoms with Crippen LogP contribution in [0.4, 0.5) is 8.78 Å². The van der Waals surface area contributed by atoms with Gasteiger partial charge in [-0.15, -0.1) is 0 Å². The molecule has 0 amide bonds. The number of ether oxygens (including phenoxy) is 1. The van der Waals surface area contributed by atoms with Crippen LogP contribution in [0.5, 0.6) is 5.75 Å². The van der Waals surface area contributed by atoms with Crippen LogP contribution in [0.3, 0.4) is 0 Å². The maximum Gasteiger partial charge on any atom is 0.140 e. The smallest absolute Gasteiger partial charge is 0.140 e. The van der Waals surface area contributed by atoms with Crippen LogP contribution >= 0.6 is 0 Å². The van der Waals surface area contributed by atoms with Gasteiger partial charge in [0.25, 0.3) is 0 Å². The highest BCUT2D eigenvalue weighted by molar-refractivity contribution is 5.88. The second-order valence-electron chi connectivity index (χ2n) is 5.56. The third kappa shape index (κ3) is 2.62. The average molecular weight is 268 g/mol. The number of alkyl halides is 1. The first kappa shape index (κ1) is 14.0. The van der Waals surface area contributed by atoms with Gasteiger partial charge in [0.15, 0.2) is 0 Å². The fraction of sp³-hybridized carbons (Fsp3) is 0.533. The summed E-state index contributed by atoms with van der Waals surface area (Å²) < 4.78 is 32.7. The summed E-state index contributed by atoms with van der Waals surface area (Å²) in [6.45, 7) is 3.07. The van der Waals surface area contributed by atoms with Crippen molar-refractivity contribution in [3.05, 3.63) is 29.6 Å². The molecule has 0 aromatic heterocycles. The monoisotopic (exact) mass is 268 g/mol. The second-order valence-corrected chi connectivity index (χ2v) is 5.56. The number of carbonyl (C=O) groups excluding carboxylic acids is 1. The molecular formula is C15H18F2O2. The van der Waals surface area contributed by atoms with E-state index in [1.165, 1.54) is 32.2 Å². The summed E-state index contributed by atoms with van der Waals surface area (Å²) >= 11 is 0. The highest BCUT2D eigenvalue weighted by atomic mass is 19.1. The molecule has 1 saturated carbocycles. The van der Waals surface area contributed by atoms with E-state index in [0.29, 0.717) is 24.2 Å². The van der Waals surface area contributed by atoms with Crippen molar-refractivity contribution in [3.63, 3.8) is 0 Å². The van der Waals surface area contributed by atoms with E-state index >= 15 is 0 Å². The summed E-state index contributed by atoms with van der Waals surface area (Å²) in [4.78, 5) is 12.0. The van der Waals surface area contributed by atoms with Crippen LogP contribution in [0.1, 0.15) is 38.7 Å². The van der Waals surface area contributed by atoms with E-state index in [1.54, 1.807) is 6.92 Å². The Labute approximate surface area is 111 Å². The molecule has 1 aliphatic rings. The SMILES string of the molecule is COc1ccc(F)cc1C(C)(CC1(F)CC1)C(C)=O. The molecule has 19 heavy (non-hydrogen) atoms. The van der Waals surface area contributed by atoms with Gasteiger partial charge in [0.2, 0.25) is 0 Å². The lowest BCUT2D eigenvalue weighted by Crippen LogP contribution is -2.35. The van der Waals surface area contributed by atoms with Crippen molar-refractivity contribution >= 4 is 5.78 Å². The lowest BCUT2D eigenvalue weighted by Gasteiger charge is -2.30. The fourth-order valence-electron chi connectivity index (χ4n) is 2.47. The molecule has 0 heterocycles. The van der Waals surface area contributed by atoms with Crippen molar-refractivity contribution in [2.45, 2.75) is 44.2 Å². The summed E-state index contributed by atoms with van der Waals surface area (Å²) in [7, 11) is 1.46. The summed E-state index contributed by atoms with van der Waals surface area (Å²) in [5, 5.41) is 0. The zero-order valence-electron chi connectivity index (χ0n) is 11.4. The summed E-state index contributed by atoms with van der Waals surface area (Å²) in [5.41, 5.74) is -1.93.